The number of thioether (sulfide) groups is 1. The highest BCUT2D eigenvalue weighted by atomic mass is 32.2. The lowest BCUT2D eigenvalue weighted by molar-refractivity contribution is 0.320. The Balaban J connectivity index is 2.09. The summed E-state index contributed by atoms with van der Waals surface area (Å²) in [6, 6.07) is 8.99. The van der Waals surface area contributed by atoms with E-state index in [-0.39, 0.29) is 0 Å². The molecule has 19 heavy (non-hydrogen) atoms. The summed E-state index contributed by atoms with van der Waals surface area (Å²) in [4.78, 5) is 1.27. The van der Waals surface area contributed by atoms with Gasteiger partial charge in [-0.05, 0) is 43.9 Å². The van der Waals surface area contributed by atoms with Crippen LogP contribution in [0.1, 0.15) is 33.1 Å². The van der Waals surface area contributed by atoms with Crippen molar-refractivity contribution in [2.24, 2.45) is 5.92 Å². The number of hydrogen-bond donors (Lipinski definition) is 1. The lowest BCUT2D eigenvalue weighted by Gasteiger charge is -2.35. The number of hydrogen-bond acceptors (Lipinski definition) is 3. The SMILES string of the molecule is CCNC1CCC(C)CC1Sc1ccccc1OC. The first-order valence-corrected chi connectivity index (χ1v) is 8.15. The van der Waals surface area contributed by atoms with E-state index in [4.69, 9.17) is 4.74 Å². The zero-order valence-electron chi connectivity index (χ0n) is 12.2. The van der Waals surface area contributed by atoms with E-state index in [9.17, 15) is 0 Å². The van der Waals surface area contributed by atoms with E-state index in [2.05, 4.69) is 37.4 Å². The molecule has 1 fully saturated rings. The van der Waals surface area contributed by atoms with Crippen LogP contribution in [0.15, 0.2) is 29.2 Å². The highest BCUT2D eigenvalue weighted by Gasteiger charge is 2.29. The van der Waals surface area contributed by atoms with Gasteiger partial charge >= 0.3 is 0 Å². The second-order valence-electron chi connectivity index (χ2n) is 5.39. The quantitative estimate of drug-likeness (QED) is 0.881. The molecule has 106 valence electrons. The zero-order valence-corrected chi connectivity index (χ0v) is 13.0. The molecule has 3 unspecified atom stereocenters. The lowest BCUT2D eigenvalue weighted by atomic mass is 9.87. The van der Waals surface area contributed by atoms with Crippen LogP contribution in [-0.4, -0.2) is 24.9 Å². The Bertz CT molecular complexity index is 396. The third-order valence-corrected chi connectivity index (χ3v) is 5.28. The average Bonchev–Trinajstić information content (AvgIpc) is 2.42. The molecule has 0 spiro atoms. The van der Waals surface area contributed by atoms with Crippen LogP contribution in [0.4, 0.5) is 0 Å². The van der Waals surface area contributed by atoms with E-state index < -0.39 is 0 Å². The first kappa shape index (κ1) is 14.7. The number of rotatable bonds is 5. The maximum absolute atomic E-state index is 5.47. The molecule has 3 heteroatoms. The van der Waals surface area contributed by atoms with Gasteiger partial charge in [-0.3, -0.25) is 0 Å². The van der Waals surface area contributed by atoms with E-state index >= 15 is 0 Å². The minimum Gasteiger partial charge on any atom is -0.496 e. The molecule has 0 saturated heterocycles. The molecule has 3 atom stereocenters. The third-order valence-electron chi connectivity index (χ3n) is 3.87. The van der Waals surface area contributed by atoms with Crippen LogP contribution in [0.25, 0.3) is 0 Å². The van der Waals surface area contributed by atoms with Crippen molar-refractivity contribution >= 4 is 11.8 Å². The highest BCUT2D eigenvalue weighted by Crippen LogP contribution is 2.39. The van der Waals surface area contributed by atoms with Crippen molar-refractivity contribution in [3.05, 3.63) is 24.3 Å². The van der Waals surface area contributed by atoms with Gasteiger partial charge in [0.2, 0.25) is 0 Å². The second-order valence-corrected chi connectivity index (χ2v) is 6.67. The standard InChI is InChI=1S/C16H25NOS/c1-4-17-13-10-9-12(2)11-16(13)19-15-8-6-5-7-14(15)18-3/h5-8,12-13,16-17H,4,9-11H2,1-3H3. The molecule has 0 radical (unpaired) electrons. The van der Waals surface area contributed by atoms with Gasteiger partial charge in [0.25, 0.3) is 0 Å². The van der Waals surface area contributed by atoms with Crippen molar-refractivity contribution in [2.75, 3.05) is 13.7 Å². The lowest BCUT2D eigenvalue weighted by Crippen LogP contribution is -2.42. The molecule has 0 aliphatic heterocycles. The maximum atomic E-state index is 5.47. The van der Waals surface area contributed by atoms with Crippen molar-refractivity contribution in [3.63, 3.8) is 0 Å². The topological polar surface area (TPSA) is 21.3 Å². The van der Waals surface area contributed by atoms with E-state index in [1.807, 2.05) is 17.8 Å². The minimum absolute atomic E-state index is 0.635. The van der Waals surface area contributed by atoms with Gasteiger partial charge in [0.05, 0.1) is 7.11 Å². The van der Waals surface area contributed by atoms with Crippen LogP contribution >= 0.6 is 11.8 Å². The highest BCUT2D eigenvalue weighted by molar-refractivity contribution is 8.00. The van der Waals surface area contributed by atoms with Crippen LogP contribution in [0.2, 0.25) is 0 Å². The molecule has 0 amide bonds. The van der Waals surface area contributed by atoms with Crippen LogP contribution in [0.5, 0.6) is 5.75 Å². The van der Waals surface area contributed by atoms with Gasteiger partial charge in [-0.15, -0.1) is 11.8 Å². The van der Waals surface area contributed by atoms with Crippen LogP contribution < -0.4 is 10.1 Å². The number of para-hydroxylation sites is 1. The van der Waals surface area contributed by atoms with E-state index in [1.165, 1.54) is 24.2 Å². The number of ether oxygens (including phenoxy) is 1. The number of benzene rings is 1. The molecule has 1 aromatic rings. The molecule has 0 bridgehead atoms. The Hall–Kier alpha value is -0.670. The van der Waals surface area contributed by atoms with Gasteiger partial charge in [-0.25, -0.2) is 0 Å². The average molecular weight is 279 g/mol. The van der Waals surface area contributed by atoms with Crippen molar-refractivity contribution in [1.29, 1.82) is 0 Å². The molecular formula is C16H25NOS. The molecule has 1 aromatic carbocycles. The number of nitrogens with one attached hydrogen (secondary N) is 1. The van der Waals surface area contributed by atoms with E-state index in [0.717, 1.165) is 18.2 Å². The molecule has 1 aliphatic carbocycles. The molecule has 1 saturated carbocycles. The molecule has 2 nitrogen and oxygen atoms in total. The summed E-state index contributed by atoms with van der Waals surface area (Å²) in [7, 11) is 1.75. The summed E-state index contributed by atoms with van der Waals surface area (Å²) < 4.78 is 5.47. The van der Waals surface area contributed by atoms with Crippen LogP contribution in [-0.2, 0) is 0 Å². The van der Waals surface area contributed by atoms with E-state index in [0.29, 0.717) is 11.3 Å². The molecule has 0 heterocycles. The molecular weight excluding hydrogens is 254 g/mol. The van der Waals surface area contributed by atoms with Crippen LogP contribution in [0.3, 0.4) is 0 Å². The monoisotopic (exact) mass is 279 g/mol. The van der Waals surface area contributed by atoms with Gasteiger partial charge in [0.15, 0.2) is 0 Å². The van der Waals surface area contributed by atoms with Gasteiger partial charge in [-0.2, -0.15) is 0 Å². The summed E-state index contributed by atoms with van der Waals surface area (Å²) >= 11 is 1.98. The Labute approximate surface area is 121 Å². The fraction of sp³-hybridized carbons (Fsp3) is 0.625. The summed E-state index contributed by atoms with van der Waals surface area (Å²) in [5.74, 6) is 1.84. The van der Waals surface area contributed by atoms with Crippen molar-refractivity contribution in [3.8, 4) is 5.75 Å². The Morgan fingerprint density at radius 3 is 2.84 bits per heavy atom. The summed E-state index contributed by atoms with van der Waals surface area (Å²) in [5.41, 5.74) is 0. The molecule has 0 aromatic heterocycles. The normalized spacial score (nSPS) is 27.2. The smallest absolute Gasteiger partial charge is 0.132 e. The van der Waals surface area contributed by atoms with Gasteiger partial charge in [0.1, 0.15) is 5.75 Å². The summed E-state index contributed by atoms with van der Waals surface area (Å²) in [6.45, 7) is 5.63. The largest absolute Gasteiger partial charge is 0.496 e. The predicted molar refractivity (Wildman–Crippen MR) is 83.1 cm³/mol. The fourth-order valence-corrected chi connectivity index (χ4v) is 4.41. The van der Waals surface area contributed by atoms with Crippen molar-refractivity contribution in [1.82, 2.24) is 5.32 Å². The Kier molecular flexibility index (Phi) is 5.59. The number of methoxy groups -OCH3 is 1. The first-order valence-electron chi connectivity index (χ1n) is 7.27. The van der Waals surface area contributed by atoms with E-state index in [1.54, 1.807) is 7.11 Å². The fourth-order valence-electron chi connectivity index (χ4n) is 2.83. The Morgan fingerprint density at radius 2 is 2.11 bits per heavy atom. The zero-order chi connectivity index (χ0) is 13.7. The second kappa shape index (κ2) is 7.20. The molecule has 1 aliphatic rings. The molecule has 2 rings (SSSR count). The summed E-state index contributed by atoms with van der Waals surface area (Å²) in [5, 5.41) is 4.30. The predicted octanol–water partition coefficient (Wildman–Crippen LogP) is 3.95. The van der Waals surface area contributed by atoms with Crippen LogP contribution in [0, 0.1) is 5.92 Å². The molecule has 1 N–H and O–H groups in total. The third kappa shape index (κ3) is 3.90. The van der Waals surface area contributed by atoms with Gasteiger partial charge < -0.3 is 10.1 Å². The first-order chi connectivity index (χ1) is 9.24. The summed E-state index contributed by atoms with van der Waals surface area (Å²) in [6.07, 6.45) is 3.93. The minimum atomic E-state index is 0.635. The van der Waals surface area contributed by atoms with Crippen molar-refractivity contribution in [2.45, 2.75) is 49.3 Å². The van der Waals surface area contributed by atoms with Gasteiger partial charge in [0, 0.05) is 16.2 Å². The Morgan fingerprint density at radius 1 is 1.32 bits per heavy atom. The van der Waals surface area contributed by atoms with Crippen molar-refractivity contribution < 1.29 is 4.74 Å². The maximum Gasteiger partial charge on any atom is 0.132 e. The van der Waals surface area contributed by atoms with Gasteiger partial charge in [-0.1, -0.05) is 26.0 Å².